The Labute approximate surface area is 109 Å². The second-order valence-corrected chi connectivity index (χ2v) is 3.96. The molecule has 1 aromatic carbocycles. The minimum absolute atomic E-state index is 0.232. The van der Waals surface area contributed by atoms with Crippen LogP contribution in [0, 0.1) is 0 Å². The van der Waals surface area contributed by atoms with E-state index in [-0.39, 0.29) is 5.91 Å². The SMILES string of the molecule is O=C(Nc1ncccn1)c1ccc2cnccc2c1. The van der Waals surface area contributed by atoms with E-state index in [0.717, 1.165) is 10.8 Å². The molecule has 1 N–H and O–H groups in total. The molecule has 0 bridgehead atoms. The molecule has 0 aliphatic heterocycles. The van der Waals surface area contributed by atoms with Gasteiger partial charge in [0.15, 0.2) is 0 Å². The summed E-state index contributed by atoms with van der Waals surface area (Å²) < 4.78 is 0. The molecule has 0 radical (unpaired) electrons. The van der Waals surface area contributed by atoms with Crippen LogP contribution in [0.1, 0.15) is 10.4 Å². The van der Waals surface area contributed by atoms with Crippen LogP contribution in [-0.2, 0) is 0 Å². The van der Waals surface area contributed by atoms with Gasteiger partial charge in [0.05, 0.1) is 0 Å². The molecule has 0 fully saturated rings. The number of hydrogen-bond donors (Lipinski definition) is 1. The van der Waals surface area contributed by atoms with Crippen LogP contribution < -0.4 is 5.32 Å². The van der Waals surface area contributed by atoms with Crippen molar-refractivity contribution in [1.82, 2.24) is 15.0 Å². The van der Waals surface area contributed by atoms with Crippen molar-refractivity contribution in [2.45, 2.75) is 0 Å². The smallest absolute Gasteiger partial charge is 0.258 e. The van der Waals surface area contributed by atoms with Gasteiger partial charge in [0.2, 0.25) is 5.95 Å². The van der Waals surface area contributed by atoms with Gasteiger partial charge in [-0.3, -0.25) is 15.1 Å². The molecule has 3 rings (SSSR count). The number of pyridine rings is 1. The fourth-order valence-corrected chi connectivity index (χ4v) is 1.76. The van der Waals surface area contributed by atoms with Crippen molar-refractivity contribution in [3.8, 4) is 0 Å². The first kappa shape index (κ1) is 11.3. The summed E-state index contributed by atoms with van der Waals surface area (Å²) in [6.07, 6.45) is 6.62. The van der Waals surface area contributed by atoms with Gasteiger partial charge in [-0.05, 0) is 29.7 Å². The molecule has 5 heteroatoms. The fraction of sp³-hybridized carbons (Fsp3) is 0. The second kappa shape index (κ2) is 4.81. The molecule has 0 aliphatic rings. The highest BCUT2D eigenvalue weighted by Gasteiger charge is 2.07. The Hall–Kier alpha value is -2.82. The molecule has 0 unspecified atom stereocenters. The van der Waals surface area contributed by atoms with Crippen LogP contribution in [0.5, 0.6) is 0 Å². The zero-order valence-electron chi connectivity index (χ0n) is 9.95. The third-order valence-electron chi connectivity index (χ3n) is 2.69. The molecule has 3 aromatic rings. The predicted molar refractivity (Wildman–Crippen MR) is 71.7 cm³/mol. The molecular formula is C14H10N4O. The van der Waals surface area contributed by atoms with Gasteiger partial charge in [0.25, 0.3) is 5.91 Å². The lowest BCUT2D eigenvalue weighted by atomic mass is 10.1. The summed E-state index contributed by atoms with van der Waals surface area (Å²) in [4.78, 5) is 24.0. The summed E-state index contributed by atoms with van der Waals surface area (Å²) in [5.41, 5.74) is 0.561. The summed E-state index contributed by atoms with van der Waals surface area (Å²) in [7, 11) is 0. The highest BCUT2D eigenvalue weighted by molar-refractivity contribution is 6.05. The monoisotopic (exact) mass is 250 g/mol. The van der Waals surface area contributed by atoms with Crippen molar-refractivity contribution in [3.63, 3.8) is 0 Å². The van der Waals surface area contributed by atoms with E-state index in [0.29, 0.717) is 11.5 Å². The quantitative estimate of drug-likeness (QED) is 0.757. The average molecular weight is 250 g/mol. The molecule has 0 spiro atoms. The summed E-state index contributed by atoms with van der Waals surface area (Å²) in [5, 5.41) is 4.61. The van der Waals surface area contributed by atoms with E-state index >= 15 is 0 Å². The minimum Gasteiger partial charge on any atom is -0.290 e. The Kier molecular flexibility index (Phi) is 2.86. The zero-order chi connectivity index (χ0) is 13.1. The molecule has 0 saturated heterocycles. The van der Waals surface area contributed by atoms with Gasteiger partial charge in [0.1, 0.15) is 0 Å². The van der Waals surface area contributed by atoms with Crippen LogP contribution in [0.25, 0.3) is 10.8 Å². The van der Waals surface area contributed by atoms with Gasteiger partial charge < -0.3 is 0 Å². The molecule has 1 amide bonds. The molecular weight excluding hydrogens is 240 g/mol. The van der Waals surface area contributed by atoms with E-state index in [4.69, 9.17) is 0 Å². The molecule has 92 valence electrons. The maximum Gasteiger partial charge on any atom is 0.258 e. The van der Waals surface area contributed by atoms with Crippen LogP contribution in [-0.4, -0.2) is 20.9 Å². The van der Waals surface area contributed by atoms with Gasteiger partial charge in [-0.2, -0.15) is 0 Å². The Morgan fingerprint density at radius 3 is 2.68 bits per heavy atom. The molecule has 0 atom stereocenters. The van der Waals surface area contributed by atoms with Crippen LogP contribution >= 0.6 is 0 Å². The normalized spacial score (nSPS) is 10.3. The molecule has 19 heavy (non-hydrogen) atoms. The first-order valence-electron chi connectivity index (χ1n) is 5.75. The number of nitrogens with zero attached hydrogens (tertiary/aromatic N) is 3. The molecule has 5 nitrogen and oxygen atoms in total. The lowest BCUT2D eigenvalue weighted by Gasteiger charge is -2.04. The lowest BCUT2D eigenvalue weighted by Crippen LogP contribution is -2.13. The Bertz CT molecular complexity index is 728. The number of carbonyl (C=O) groups excluding carboxylic acids is 1. The highest BCUT2D eigenvalue weighted by atomic mass is 16.1. The predicted octanol–water partition coefficient (Wildman–Crippen LogP) is 2.28. The van der Waals surface area contributed by atoms with Crippen LogP contribution in [0.4, 0.5) is 5.95 Å². The summed E-state index contributed by atoms with van der Waals surface area (Å²) in [5.74, 6) is 0.0623. The van der Waals surface area contributed by atoms with Crippen molar-refractivity contribution in [3.05, 3.63) is 60.7 Å². The first-order chi connectivity index (χ1) is 9.33. The van der Waals surface area contributed by atoms with Crippen molar-refractivity contribution >= 4 is 22.6 Å². The molecule has 2 heterocycles. The third kappa shape index (κ3) is 2.40. The van der Waals surface area contributed by atoms with Gasteiger partial charge in [0, 0.05) is 35.7 Å². The largest absolute Gasteiger partial charge is 0.290 e. The van der Waals surface area contributed by atoms with E-state index in [9.17, 15) is 4.79 Å². The van der Waals surface area contributed by atoms with Crippen LogP contribution in [0.3, 0.4) is 0 Å². The van der Waals surface area contributed by atoms with Gasteiger partial charge >= 0.3 is 0 Å². The summed E-state index contributed by atoms with van der Waals surface area (Å²) in [6.45, 7) is 0. The maximum absolute atomic E-state index is 12.1. The van der Waals surface area contributed by atoms with Crippen molar-refractivity contribution in [1.29, 1.82) is 0 Å². The number of rotatable bonds is 2. The number of amides is 1. The topological polar surface area (TPSA) is 67.8 Å². The van der Waals surface area contributed by atoms with E-state index in [1.165, 1.54) is 0 Å². The number of aromatic nitrogens is 3. The average Bonchev–Trinajstić information content (AvgIpc) is 2.48. The number of fused-ring (bicyclic) bond motifs is 1. The van der Waals surface area contributed by atoms with E-state index < -0.39 is 0 Å². The summed E-state index contributed by atoms with van der Waals surface area (Å²) >= 11 is 0. The zero-order valence-corrected chi connectivity index (χ0v) is 9.95. The summed E-state index contributed by atoms with van der Waals surface area (Å²) in [6, 6.07) is 8.99. The third-order valence-corrected chi connectivity index (χ3v) is 2.69. The molecule has 0 aliphatic carbocycles. The number of benzene rings is 1. The fourth-order valence-electron chi connectivity index (χ4n) is 1.76. The van der Waals surface area contributed by atoms with Crippen molar-refractivity contribution < 1.29 is 4.79 Å². The van der Waals surface area contributed by atoms with Crippen molar-refractivity contribution in [2.75, 3.05) is 5.32 Å². The van der Waals surface area contributed by atoms with Crippen molar-refractivity contribution in [2.24, 2.45) is 0 Å². The van der Waals surface area contributed by atoms with E-state index in [2.05, 4.69) is 20.3 Å². The van der Waals surface area contributed by atoms with Gasteiger partial charge in [-0.25, -0.2) is 9.97 Å². The van der Waals surface area contributed by atoms with E-state index in [1.54, 1.807) is 36.9 Å². The number of carbonyl (C=O) groups is 1. The minimum atomic E-state index is -0.232. The lowest BCUT2D eigenvalue weighted by molar-refractivity contribution is 0.102. The Morgan fingerprint density at radius 2 is 1.84 bits per heavy atom. The van der Waals surface area contributed by atoms with E-state index in [1.807, 2.05) is 18.2 Å². The highest BCUT2D eigenvalue weighted by Crippen LogP contribution is 2.15. The standard InChI is InChI=1S/C14H10N4O/c19-13(18-14-16-5-1-6-17-14)11-2-3-12-9-15-7-4-10(12)8-11/h1-9H,(H,16,17,18,19). The van der Waals surface area contributed by atoms with Crippen LogP contribution in [0.15, 0.2) is 55.1 Å². The number of anilines is 1. The second-order valence-electron chi connectivity index (χ2n) is 3.96. The number of hydrogen-bond acceptors (Lipinski definition) is 4. The molecule has 0 saturated carbocycles. The van der Waals surface area contributed by atoms with Gasteiger partial charge in [-0.15, -0.1) is 0 Å². The Balaban J connectivity index is 1.89. The maximum atomic E-state index is 12.1. The van der Waals surface area contributed by atoms with Crippen LogP contribution in [0.2, 0.25) is 0 Å². The van der Waals surface area contributed by atoms with Gasteiger partial charge in [-0.1, -0.05) is 6.07 Å². The first-order valence-corrected chi connectivity index (χ1v) is 5.75. The Morgan fingerprint density at radius 1 is 1.00 bits per heavy atom. The molecule has 2 aromatic heterocycles. The number of nitrogens with one attached hydrogen (secondary N) is 1.